The van der Waals surface area contributed by atoms with Crippen LogP contribution in [0.3, 0.4) is 0 Å². The van der Waals surface area contributed by atoms with Crippen LogP contribution in [0.15, 0.2) is 24.3 Å². The lowest BCUT2D eigenvalue weighted by molar-refractivity contribution is -0.384. The highest BCUT2D eigenvalue weighted by atomic mass is 79.9. The topological polar surface area (TPSA) is 95.5 Å². The highest BCUT2D eigenvalue weighted by Gasteiger charge is 2.07. The number of ether oxygens (including phenoxy) is 1. The fourth-order valence-corrected chi connectivity index (χ4v) is 1.06. The average Bonchev–Trinajstić information content (AvgIpc) is 2.27. The molecule has 0 aliphatic carbocycles. The van der Waals surface area contributed by atoms with Gasteiger partial charge in [-0.15, -0.1) is 17.0 Å². The van der Waals surface area contributed by atoms with Crippen molar-refractivity contribution < 1.29 is 14.5 Å². The minimum absolute atomic E-state index is 0. The van der Waals surface area contributed by atoms with E-state index >= 15 is 0 Å². The number of benzene rings is 1. The van der Waals surface area contributed by atoms with Gasteiger partial charge in [-0.3, -0.25) is 14.9 Å². The van der Waals surface area contributed by atoms with E-state index in [1.165, 1.54) is 24.3 Å². The average molecular weight is 305 g/mol. The van der Waals surface area contributed by atoms with Gasteiger partial charge in [0.25, 0.3) is 5.69 Å². The van der Waals surface area contributed by atoms with E-state index in [-0.39, 0.29) is 35.1 Å². The second-order valence-electron chi connectivity index (χ2n) is 3.12. The maximum Gasteiger partial charge on any atom is 0.311 e. The Bertz CT molecular complexity index is 380. The summed E-state index contributed by atoms with van der Waals surface area (Å²) >= 11 is 0. The maximum atomic E-state index is 11.2. The molecule has 0 amide bonds. The molecule has 0 spiro atoms. The molecule has 17 heavy (non-hydrogen) atoms. The summed E-state index contributed by atoms with van der Waals surface area (Å²) in [5.74, 6) is -0.0908. The number of nitrogens with zero attached hydrogens (tertiary/aromatic N) is 1. The van der Waals surface area contributed by atoms with E-state index in [9.17, 15) is 14.9 Å². The predicted octanol–water partition coefficient (Wildman–Crippen LogP) is 1.82. The van der Waals surface area contributed by atoms with Crippen molar-refractivity contribution in [1.82, 2.24) is 0 Å². The van der Waals surface area contributed by atoms with Gasteiger partial charge < -0.3 is 10.5 Å². The molecular weight excluding hydrogens is 292 g/mol. The molecule has 6 nitrogen and oxygen atoms in total. The lowest BCUT2D eigenvalue weighted by Crippen LogP contribution is -2.10. The first kappa shape index (κ1) is 15.5. The molecule has 0 radical (unpaired) electrons. The molecule has 0 aliphatic heterocycles. The number of carbonyl (C=O) groups is 1. The zero-order valence-corrected chi connectivity index (χ0v) is 10.7. The second kappa shape index (κ2) is 7.75. The van der Waals surface area contributed by atoms with Crippen molar-refractivity contribution in [2.45, 2.75) is 12.8 Å². The van der Waals surface area contributed by atoms with E-state index in [2.05, 4.69) is 0 Å². The summed E-state index contributed by atoms with van der Waals surface area (Å²) < 4.78 is 4.93. The van der Waals surface area contributed by atoms with Crippen molar-refractivity contribution in [2.24, 2.45) is 5.73 Å². The number of nitro groups is 1. The Morgan fingerprint density at radius 1 is 1.35 bits per heavy atom. The van der Waals surface area contributed by atoms with Crippen LogP contribution in [0, 0.1) is 10.1 Å². The van der Waals surface area contributed by atoms with Crippen LogP contribution in [0.25, 0.3) is 0 Å². The standard InChI is InChI=1S/C10H12N2O4.BrH/c11-7-1-2-10(13)16-9-5-3-8(4-6-9)12(14)15;/h3-6H,1-2,7,11H2;1H. The van der Waals surface area contributed by atoms with E-state index in [1.807, 2.05) is 0 Å². The minimum Gasteiger partial charge on any atom is -0.427 e. The molecule has 0 atom stereocenters. The van der Waals surface area contributed by atoms with Gasteiger partial charge >= 0.3 is 5.97 Å². The number of rotatable bonds is 5. The fourth-order valence-electron chi connectivity index (χ4n) is 1.06. The van der Waals surface area contributed by atoms with Crippen LogP contribution in [0.1, 0.15) is 12.8 Å². The number of esters is 1. The van der Waals surface area contributed by atoms with Gasteiger partial charge in [-0.05, 0) is 25.1 Å². The number of nitro benzene ring substituents is 1. The third kappa shape index (κ3) is 5.41. The van der Waals surface area contributed by atoms with Crippen molar-refractivity contribution in [3.05, 3.63) is 34.4 Å². The first-order valence-electron chi connectivity index (χ1n) is 4.78. The maximum absolute atomic E-state index is 11.2. The van der Waals surface area contributed by atoms with Gasteiger partial charge in [0, 0.05) is 18.6 Å². The summed E-state index contributed by atoms with van der Waals surface area (Å²) in [5.41, 5.74) is 5.20. The molecule has 0 unspecified atom stereocenters. The molecule has 0 heterocycles. The van der Waals surface area contributed by atoms with Crippen molar-refractivity contribution >= 4 is 28.6 Å². The lowest BCUT2D eigenvalue weighted by Gasteiger charge is -2.02. The van der Waals surface area contributed by atoms with Crippen molar-refractivity contribution in [3.8, 4) is 5.75 Å². The zero-order valence-electron chi connectivity index (χ0n) is 9.00. The zero-order chi connectivity index (χ0) is 12.0. The van der Waals surface area contributed by atoms with Gasteiger partial charge in [-0.2, -0.15) is 0 Å². The Morgan fingerprint density at radius 3 is 2.41 bits per heavy atom. The number of carbonyl (C=O) groups excluding carboxylic acids is 1. The smallest absolute Gasteiger partial charge is 0.311 e. The van der Waals surface area contributed by atoms with Gasteiger partial charge in [0.05, 0.1) is 4.92 Å². The van der Waals surface area contributed by atoms with Crippen molar-refractivity contribution in [1.29, 1.82) is 0 Å². The SMILES string of the molecule is Br.NCCCC(=O)Oc1ccc([N+](=O)[O-])cc1. The van der Waals surface area contributed by atoms with Crippen LogP contribution in [-0.2, 0) is 4.79 Å². The van der Waals surface area contributed by atoms with Gasteiger partial charge in [0.1, 0.15) is 5.75 Å². The normalized spacial score (nSPS) is 9.24. The molecule has 0 saturated carbocycles. The number of hydrogen-bond donors (Lipinski definition) is 1. The van der Waals surface area contributed by atoms with Crippen LogP contribution < -0.4 is 10.5 Å². The molecule has 7 heteroatoms. The molecule has 0 saturated heterocycles. The Morgan fingerprint density at radius 2 is 1.94 bits per heavy atom. The third-order valence-electron chi connectivity index (χ3n) is 1.86. The highest BCUT2D eigenvalue weighted by molar-refractivity contribution is 8.93. The van der Waals surface area contributed by atoms with Crippen molar-refractivity contribution in [3.63, 3.8) is 0 Å². The van der Waals surface area contributed by atoms with Crippen LogP contribution >= 0.6 is 17.0 Å². The molecular formula is C10H13BrN2O4. The Balaban J connectivity index is 0.00000256. The van der Waals surface area contributed by atoms with E-state index in [1.54, 1.807) is 0 Å². The number of non-ortho nitro benzene ring substituents is 1. The second-order valence-corrected chi connectivity index (χ2v) is 3.12. The number of hydrogen-bond acceptors (Lipinski definition) is 5. The van der Waals surface area contributed by atoms with Gasteiger partial charge in [-0.1, -0.05) is 0 Å². The molecule has 0 bridgehead atoms. The Labute approximate surface area is 109 Å². The molecule has 2 N–H and O–H groups in total. The predicted molar refractivity (Wildman–Crippen MR) is 67.3 cm³/mol. The van der Waals surface area contributed by atoms with Gasteiger partial charge in [-0.25, -0.2) is 0 Å². The summed E-state index contributed by atoms with van der Waals surface area (Å²) in [5, 5.41) is 10.4. The molecule has 94 valence electrons. The molecule has 1 aromatic rings. The largest absolute Gasteiger partial charge is 0.427 e. The van der Waals surface area contributed by atoms with Crippen LogP contribution in [-0.4, -0.2) is 17.4 Å². The third-order valence-corrected chi connectivity index (χ3v) is 1.86. The molecule has 0 aliphatic rings. The summed E-state index contributed by atoms with van der Waals surface area (Å²) in [6, 6.07) is 5.34. The van der Waals surface area contributed by atoms with Gasteiger partial charge in [0.15, 0.2) is 0 Å². The van der Waals surface area contributed by atoms with E-state index in [4.69, 9.17) is 10.5 Å². The molecule has 1 rings (SSSR count). The monoisotopic (exact) mass is 304 g/mol. The number of nitrogens with two attached hydrogens (primary N) is 1. The lowest BCUT2D eigenvalue weighted by atomic mass is 10.3. The van der Waals surface area contributed by atoms with E-state index in [0.717, 1.165) is 0 Å². The van der Waals surface area contributed by atoms with E-state index < -0.39 is 4.92 Å². The highest BCUT2D eigenvalue weighted by Crippen LogP contribution is 2.17. The molecule has 0 fully saturated rings. The number of halogens is 1. The van der Waals surface area contributed by atoms with Crippen LogP contribution in [0.4, 0.5) is 5.69 Å². The summed E-state index contributed by atoms with van der Waals surface area (Å²) in [4.78, 5) is 21.0. The summed E-state index contributed by atoms with van der Waals surface area (Å²) in [7, 11) is 0. The van der Waals surface area contributed by atoms with E-state index in [0.29, 0.717) is 18.7 Å². The van der Waals surface area contributed by atoms with Crippen LogP contribution in [0.5, 0.6) is 5.75 Å². The van der Waals surface area contributed by atoms with Gasteiger partial charge in [0.2, 0.25) is 0 Å². The first-order valence-corrected chi connectivity index (χ1v) is 4.78. The minimum atomic E-state index is -0.514. The fraction of sp³-hybridized carbons (Fsp3) is 0.300. The summed E-state index contributed by atoms with van der Waals surface area (Å²) in [6.07, 6.45) is 0.805. The van der Waals surface area contributed by atoms with Crippen molar-refractivity contribution in [2.75, 3.05) is 6.54 Å². The quantitative estimate of drug-likeness (QED) is 0.387. The Kier molecular flexibility index (Phi) is 7.08. The Hall–Kier alpha value is -1.47. The molecule has 1 aromatic carbocycles. The van der Waals surface area contributed by atoms with Crippen LogP contribution in [0.2, 0.25) is 0 Å². The first-order chi connectivity index (χ1) is 7.63. The molecule has 0 aromatic heterocycles. The summed E-state index contributed by atoms with van der Waals surface area (Å²) in [6.45, 7) is 0.426.